The van der Waals surface area contributed by atoms with Crippen LogP contribution >= 0.6 is 0 Å². The summed E-state index contributed by atoms with van der Waals surface area (Å²) in [6.45, 7) is -0.961. The number of carboxylic acids is 1. The number of carbonyl (C=O) groups excluding carboxylic acids is 1. The molecule has 0 atom stereocenters. The molecule has 11 heavy (non-hydrogen) atoms. The molecule has 0 bridgehead atoms. The summed E-state index contributed by atoms with van der Waals surface area (Å²) in [7, 11) is 0. The molecule has 6 nitrogen and oxygen atoms in total. The summed E-state index contributed by atoms with van der Waals surface area (Å²) in [6, 6.07) is -0.704. The van der Waals surface area contributed by atoms with Crippen LogP contribution in [0.2, 0.25) is 0 Å². The molecule has 0 radical (unpaired) electrons. The number of hydrogen-bond donors (Lipinski definition) is 4. The molecule has 0 aromatic carbocycles. The van der Waals surface area contributed by atoms with Crippen LogP contribution in [0, 0.1) is 0 Å². The number of hydrogen-bond acceptors (Lipinski definition) is 3. The number of amides is 2. The summed E-state index contributed by atoms with van der Waals surface area (Å²) in [5.74, 6) is -1.13. The third-order valence-electron chi connectivity index (χ3n) is 0.640. The molecule has 0 aromatic rings. The molecule has 0 fully saturated rings. The van der Waals surface area contributed by atoms with Gasteiger partial charge in [0.1, 0.15) is 13.3 Å². The number of rotatable bonds is 3. The SMILES string of the molecule is O=C(O)CNC(=O)NCO.[Na+]. The Morgan fingerprint density at radius 2 is 1.82 bits per heavy atom. The smallest absolute Gasteiger partial charge is 0.480 e. The first-order chi connectivity index (χ1) is 4.66. The molecule has 0 aliphatic heterocycles. The van der Waals surface area contributed by atoms with Crippen molar-refractivity contribution in [1.29, 1.82) is 0 Å². The molecule has 0 aromatic heterocycles. The summed E-state index contributed by atoms with van der Waals surface area (Å²) >= 11 is 0. The fraction of sp³-hybridized carbons (Fsp3) is 0.500. The molecule has 0 rings (SSSR count). The van der Waals surface area contributed by atoms with E-state index in [0.717, 1.165) is 0 Å². The van der Waals surface area contributed by atoms with Gasteiger partial charge in [-0.3, -0.25) is 4.79 Å². The van der Waals surface area contributed by atoms with Crippen molar-refractivity contribution >= 4 is 12.0 Å². The molecular weight excluding hydrogens is 163 g/mol. The van der Waals surface area contributed by atoms with Gasteiger partial charge in [0, 0.05) is 0 Å². The van der Waals surface area contributed by atoms with Gasteiger partial charge in [0.15, 0.2) is 0 Å². The fourth-order valence-corrected chi connectivity index (χ4v) is 0.290. The third kappa shape index (κ3) is 9.70. The van der Waals surface area contributed by atoms with Gasteiger partial charge in [0.2, 0.25) is 0 Å². The first-order valence-electron chi connectivity index (χ1n) is 2.51. The van der Waals surface area contributed by atoms with Crippen LogP contribution in [0.25, 0.3) is 0 Å². The van der Waals surface area contributed by atoms with Gasteiger partial charge in [-0.1, -0.05) is 0 Å². The quantitative estimate of drug-likeness (QED) is 0.253. The van der Waals surface area contributed by atoms with Gasteiger partial charge in [-0.25, -0.2) is 4.79 Å². The van der Waals surface area contributed by atoms with Crippen LogP contribution < -0.4 is 40.2 Å². The molecule has 0 saturated heterocycles. The maximum Gasteiger partial charge on any atom is 1.00 e. The van der Waals surface area contributed by atoms with E-state index in [9.17, 15) is 9.59 Å². The molecule has 0 aliphatic carbocycles. The van der Waals surface area contributed by atoms with E-state index >= 15 is 0 Å². The zero-order valence-corrected chi connectivity index (χ0v) is 8.13. The van der Waals surface area contributed by atoms with Gasteiger partial charge < -0.3 is 20.8 Å². The van der Waals surface area contributed by atoms with Crippen LogP contribution in [0.4, 0.5) is 4.79 Å². The topological polar surface area (TPSA) is 98.7 Å². The van der Waals surface area contributed by atoms with Crippen molar-refractivity contribution in [3.05, 3.63) is 0 Å². The molecule has 2 amide bonds. The Labute approximate surface area is 85.3 Å². The summed E-state index contributed by atoms with van der Waals surface area (Å²) in [5, 5.41) is 20.0. The van der Waals surface area contributed by atoms with Crippen molar-refractivity contribution in [3.8, 4) is 0 Å². The van der Waals surface area contributed by atoms with Crippen LogP contribution in [0.15, 0.2) is 0 Å². The second-order valence-corrected chi connectivity index (χ2v) is 1.41. The Morgan fingerprint density at radius 3 is 2.18 bits per heavy atom. The Balaban J connectivity index is 0. The normalized spacial score (nSPS) is 7.73. The van der Waals surface area contributed by atoms with Gasteiger partial charge in [0.25, 0.3) is 0 Å². The van der Waals surface area contributed by atoms with Crippen molar-refractivity contribution in [2.45, 2.75) is 0 Å². The maximum absolute atomic E-state index is 10.3. The number of nitrogens with one attached hydrogen (secondary N) is 2. The molecule has 0 unspecified atom stereocenters. The van der Waals surface area contributed by atoms with Crippen LogP contribution in [-0.2, 0) is 4.79 Å². The molecule has 0 heterocycles. The first-order valence-corrected chi connectivity index (χ1v) is 2.51. The van der Waals surface area contributed by atoms with E-state index in [4.69, 9.17) is 10.2 Å². The van der Waals surface area contributed by atoms with E-state index in [-0.39, 0.29) is 29.6 Å². The summed E-state index contributed by atoms with van der Waals surface area (Å²) in [5.41, 5.74) is 0. The van der Waals surface area contributed by atoms with Gasteiger partial charge in [-0.05, 0) is 0 Å². The second-order valence-electron chi connectivity index (χ2n) is 1.41. The minimum Gasteiger partial charge on any atom is -0.480 e. The average molecular weight is 171 g/mol. The van der Waals surface area contributed by atoms with Gasteiger partial charge in [0.05, 0.1) is 0 Å². The number of aliphatic carboxylic acids is 1. The van der Waals surface area contributed by atoms with Crippen LogP contribution in [-0.4, -0.2) is 35.5 Å². The average Bonchev–Trinajstić information content (AvgIpc) is 1.85. The molecule has 58 valence electrons. The van der Waals surface area contributed by atoms with E-state index in [0.29, 0.717) is 0 Å². The molecule has 4 N–H and O–H groups in total. The van der Waals surface area contributed by atoms with Crippen LogP contribution in [0.1, 0.15) is 0 Å². The third-order valence-corrected chi connectivity index (χ3v) is 0.640. The molecule has 0 aliphatic rings. The Kier molecular flexibility index (Phi) is 9.44. The number of aliphatic hydroxyl groups is 1. The number of aliphatic hydroxyl groups excluding tert-OH is 1. The van der Waals surface area contributed by atoms with E-state index in [1.807, 2.05) is 10.6 Å². The van der Waals surface area contributed by atoms with Crippen molar-refractivity contribution in [2.24, 2.45) is 0 Å². The van der Waals surface area contributed by atoms with Crippen LogP contribution in [0.5, 0.6) is 0 Å². The van der Waals surface area contributed by atoms with Gasteiger partial charge in [-0.15, -0.1) is 0 Å². The minimum atomic E-state index is -1.13. The molecular formula is C4H8N2NaO4+. The summed E-state index contributed by atoms with van der Waals surface area (Å²) in [4.78, 5) is 20.1. The molecule has 7 heteroatoms. The monoisotopic (exact) mass is 171 g/mol. The molecule has 0 saturated carbocycles. The van der Waals surface area contributed by atoms with E-state index in [2.05, 4.69) is 0 Å². The minimum absolute atomic E-state index is 0. The van der Waals surface area contributed by atoms with Gasteiger partial charge >= 0.3 is 41.6 Å². The van der Waals surface area contributed by atoms with Crippen LogP contribution in [0.3, 0.4) is 0 Å². The van der Waals surface area contributed by atoms with E-state index in [1.165, 1.54) is 0 Å². The second kappa shape index (κ2) is 7.80. The molecule has 0 spiro atoms. The first kappa shape index (κ1) is 13.3. The van der Waals surface area contributed by atoms with E-state index < -0.39 is 25.3 Å². The van der Waals surface area contributed by atoms with E-state index in [1.54, 1.807) is 0 Å². The number of carboxylic acid groups (broad SMARTS) is 1. The van der Waals surface area contributed by atoms with Crippen molar-refractivity contribution in [1.82, 2.24) is 10.6 Å². The Morgan fingerprint density at radius 1 is 1.27 bits per heavy atom. The fourth-order valence-electron chi connectivity index (χ4n) is 0.290. The summed E-state index contributed by atoms with van der Waals surface area (Å²) < 4.78 is 0. The number of carbonyl (C=O) groups is 2. The Bertz CT molecular complexity index is 140. The maximum atomic E-state index is 10.3. The zero-order chi connectivity index (χ0) is 7.98. The standard InChI is InChI=1S/C4H8N2O4.Na/c7-2-6-4(10)5-1-3(8)9;/h7H,1-2H2,(H,8,9)(H2,5,6,10);/q;+1. The predicted octanol–water partition coefficient (Wildman–Crippen LogP) is -4.68. The number of urea groups is 1. The Hall–Kier alpha value is -0.300. The van der Waals surface area contributed by atoms with Crippen molar-refractivity contribution in [2.75, 3.05) is 13.3 Å². The zero-order valence-electron chi connectivity index (χ0n) is 6.13. The van der Waals surface area contributed by atoms with Crippen molar-refractivity contribution < 1.29 is 49.4 Å². The summed E-state index contributed by atoms with van der Waals surface area (Å²) in [6.07, 6.45) is 0. The predicted molar refractivity (Wildman–Crippen MR) is 31.3 cm³/mol. The van der Waals surface area contributed by atoms with Gasteiger partial charge in [-0.2, -0.15) is 0 Å². The van der Waals surface area contributed by atoms with Crippen molar-refractivity contribution in [3.63, 3.8) is 0 Å². The largest absolute Gasteiger partial charge is 1.00 e.